The minimum atomic E-state index is 0.598. The first kappa shape index (κ1) is 7.09. The van der Waals surface area contributed by atoms with Gasteiger partial charge < -0.3 is 9.47 Å². The highest BCUT2D eigenvalue weighted by molar-refractivity contribution is 6.15. The molecule has 0 aromatic carbocycles. The number of fused-ring (bicyclic) bond motifs is 1. The number of rotatable bonds is 0. The molecule has 0 spiro atoms. The summed E-state index contributed by atoms with van der Waals surface area (Å²) in [6, 6.07) is 0. The smallest absolute Gasteiger partial charge is 0.222 e. The van der Waals surface area contributed by atoms with Crippen molar-refractivity contribution in [2.45, 2.75) is 0 Å². The number of hydrogen-bond acceptors (Lipinski definition) is 4. The lowest BCUT2D eigenvalue weighted by atomic mass is 10.1. The molecule has 0 aliphatic carbocycles. The topological polar surface area (TPSA) is 43.2 Å². The van der Waals surface area contributed by atoms with Gasteiger partial charge in [0.1, 0.15) is 0 Å². The van der Waals surface area contributed by atoms with E-state index in [2.05, 4.69) is 9.98 Å². The predicted octanol–water partition coefficient (Wildman–Crippen LogP) is 0.871. The minimum Gasteiger partial charge on any atom is -0.481 e. The van der Waals surface area contributed by atoms with Crippen molar-refractivity contribution in [3.05, 3.63) is 23.5 Å². The molecule has 0 atom stereocenters. The van der Waals surface area contributed by atoms with Crippen molar-refractivity contribution in [3.8, 4) is 0 Å². The number of hydrogen-bond donors (Lipinski definition) is 0. The van der Waals surface area contributed by atoms with E-state index < -0.39 is 0 Å². The first-order valence-corrected chi connectivity index (χ1v) is 3.52. The van der Waals surface area contributed by atoms with Gasteiger partial charge in [0.05, 0.1) is 25.4 Å². The Morgan fingerprint density at radius 1 is 0.917 bits per heavy atom. The van der Waals surface area contributed by atoms with E-state index in [9.17, 15) is 0 Å². The second-order valence-electron chi connectivity index (χ2n) is 2.36. The van der Waals surface area contributed by atoms with Crippen LogP contribution in [0.3, 0.4) is 0 Å². The molecule has 4 heteroatoms. The third-order valence-corrected chi connectivity index (χ3v) is 1.76. The molecule has 62 valence electrons. The zero-order valence-electron chi connectivity index (χ0n) is 6.87. The molecule has 0 aromatic heterocycles. The lowest BCUT2D eigenvalue weighted by molar-refractivity contribution is 0.402. The van der Waals surface area contributed by atoms with Crippen molar-refractivity contribution in [2.24, 2.45) is 9.98 Å². The molecule has 12 heavy (non-hydrogen) atoms. The number of methoxy groups -OCH3 is 2. The third kappa shape index (κ3) is 0.777. The van der Waals surface area contributed by atoms with Gasteiger partial charge >= 0.3 is 0 Å². The van der Waals surface area contributed by atoms with E-state index in [0.29, 0.717) is 11.8 Å². The van der Waals surface area contributed by atoms with E-state index in [0.717, 1.165) is 11.1 Å². The van der Waals surface area contributed by atoms with Crippen LogP contribution < -0.4 is 0 Å². The summed E-state index contributed by atoms with van der Waals surface area (Å²) in [6.07, 6.45) is 3.39. The van der Waals surface area contributed by atoms with Gasteiger partial charge in [-0.15, -0.1) is 0 Å². The van der Waals surface area contributed by atoms with E-state index in [1.54, 1.807) is 26.6 Å². The zero-order chi connectivity index (χ0) is 8.55. The van der Waals surface area contributed by atoms with E-state index in [1.807, 2.05) is 0 Å². The summed E-state index contributed by atoms with van der Waals surface area (Å²) in [5.74, 6) is 1.20. The maximum absolute atomic E-state index is 5.02. The molecule has 2 aliphatic heterocycles. The molecule has 2 aliphatic rings. The lowest BCUT2D eigenvalue weighted by Crippen LogP contribution is -2.06. The Morgan fingerprint density at radius 2 is 1.33 bits per heavy atom. The van der Waals surface area contributed by atoms with Crippen LogP contribution in [0.2, 0.25) is 0 Å². The van der Waals surface area contributed by atoms with Gasteiger partial charge in [-0.2, -0.15) is 0 Å². The molecular weight excluding hydrogens is 156 g/mol. The lowest BCUT2D eigenvalue weighted by Gasteiger charge is -2.01. The average molecular weight is 164 g/mol. The maximum atomic E-state index is 5.02. The quantitative estimate of drug-likeness (QED) is 0.533. The van der Waals surface area contributed by atoms with Crippen LogP contribution in [0.5, 0.6) is 0 Å². The third-order valence-electron chi connectivity index (χ3n) is 1.76. The van der Waals surface area contributed by atoms with E-state index in [-0.39, 0.29) is 0 Å². The van der Waals surface area contributed by atoms with Crippen LogP contribution in [-0.2, 0) is 9.47 Å². The van der Waals surface area contributed by atoms with Crippen molar-refractivity contribution in [2.75, 3.05) is 14.2 Å². The van der Waals surface area contributed by atoms with Gasteiger partial charge in [0.2, 0.25) is 11.8 Å². The first-order chi connectivity index (χ1) is 5.86. The summed E-state index contributed by atoms with van der Waals surface area (Å²) in [5.41, 5.74) is 1.80. The average Bonchev–Trinajstić information content (AvgIpc) is 2.62. The maximum Gasteiger partial charge on any atom is 0.222 e. The van der Waals surface area contributed by atoms with Gasteiger partial charge in [-0.05, 0) is 0 Å². The Bertz CT molecular complexity index is 303. The predicted molar refractivity (Wildman–Crippen MR) is 45.1 cm³/mol. The van der Waals surface area contributed by atoms with Crippen LogP contribution in [0.1, 0.15) is 0 Å². The molecule has 2 rings (SSSR count). The largest absolute Gasteiger partial charge is 0.481 e. The van der Waals surface area contributed by atoms with Crippen molar-refractivity contribution < 1.29 is 9.47 Å². The summed E-state index contributed by atoms with van der Waals surface area (Å²) < 4.78 is 10.0. The van der Waals surface area contributed by atoms with E-state index >= 15 is 0 Å². The van der Waals surface area contributed by atoms with Crippen LogP contribution in [0.15, 0.2) is 33.5 Å². The number of ether oxygens (including phenoxy) is 2. The van der Waals surface area contributed by atoms with Crippen LogP contribution in [0.4, 0.5) is 0 Å². The highest BCUT2D eigenvalue weighted by atomic mass is 16.5. The van der Waals surface area contributed by atoms with Gasteiger partial charge in [-0.3, -0.25) is 0 Å². The molecular formula is C8H8N2O2. The van der Waals surface area contributed by atoms with Gasteiger partial charge in [-0.25, -0.2) is 9.98 Å². The second kappa shape index (κ2) is 2.48. The Labute approximate surface area is 69.9 Å². The molecule has 0 radical (unpaired) electrons. The first-order valence-electron chi connectivity index (χ1n) is 3.52. The number of nitrogens with zero attached hydrogens (tertiary/aromatic N) is 2. The second-order valence-corrected chi connectivity index (χ2v) is 2.36. The van der Waals surface area contributed by atoms with Crippen LogP contribution in [0, 0.1) is 0 Å². The Balaban J connectivity index is 2.28. The number of aliphatic imine (C=N–C) groups is 2. The molecule has 0 fully saturated rings. The van der Waals surface area contributed by atoms with Crippen molar-refractivity contribution in [1.82, 2.24) is 0 Å². The molecule has 0 saturated heterocycles. The summed E-state index contributed by atoms with van der Waals surface area (Å²) in [7, 11) is 3.17. The van der Waals surface area contributed by atoms with Crippen molar-refractivity contribution >= 4 is 11.8 Å². The zero-order valence-corrected chi connectivity index (χ0v) is 6.87. The van der Waals surface area contributed by atoms with Crippen LogP contribution >= 0.6 is 0 Å². The fourth-order valence-electron chi connectivity index (χ4n) is 1.19. The normalized spacial score (nSPS) is 19.2. The van der Waals surface area contributed by atoms with Gasteiger partial charge in [0, 0.05) is 12.4 Å². The Hall–Kier alpha value is -1.58. The fraction of sp³-hybridized carbons (Fsp3) is 0.250. The standard InChI is InChI=1S/C8H8N2O2/c1-11-7-5-3-10-8(12-2)6(5)4-9-7/h3-4H,1-2H3. The highest BCUT2D eigenvalue weighted by Crippen LogP contribution is 2.26. The van der Waals surface area contributed by atoms with Crippen molar-refractivity contribution in [1.29, 1.82) is 0 Å². The summed E-state index contributed by atoms with van der Waals surface area (Å²) in [4.78, 5) is 8.08. The van der Waals surface area contributed by atoms with Crippen LogP contribution in [0.25, 0.3) is 0 Å². The molecule has 0 bridgehead atoms. The summed E-state index contributed by atoms with van der Waals surface area (Å²) in [6.45, 7) is 0. The van der Waals surface area contributed by atoms with E-state index in [1.165, 1.54) is 0 Å². The van der Waals surface area contributed by atoms with E-state index in [4.69, 9.17) is 9.47 Å². The molecule has 0 saturated carbocycles. The fourth-order valence-corrected chi connectivity index (χ4v) is 1.19. The SMILES string of the molecule is COC1=NC=C2C1=CN=C2OC. The summed E-state index contributed by atoms with van der Waals surface area (Å²) in [5, 5.41) is 0. The Morgan fingerprint density at radius 3 is 1.67 bits per heavy atom. The molecule has 0 amide bonds. The van der Waals surface area contributed by atoms with Crippen molar-refractivity contribution in [3.63, 3.8) is 0 Å². The molecule has 2 heterocycles. The molecule has 0 unspecified atom stereocenters. The van der Waals surface area contributed by atoms with Crippen LogP contribution in [-0.4, -0.2) is 26.0 Å². The monoisotopic (exact) mass is 164 g/mol. The highest BCUT2D eigenvalue weighted by Gasteiger charge is 2.27. The Kier molecular flexibility index (Phi) is 1.46. The van der Waals surface area contributed by atoms with Gasteiger partial charge in [0.25, 0.3) is 0 Å². The molecule has 0 aromatic rings. The van der Waals surface area contributed by atoms with Gasteiger partial charge in [-0.1, -0.05) is 0 Å². The van der Waals surface area contributed by atoms with Gasteiger partial charge in [0.15, 0.2) is 0 Å². The summed E-state index contributed by atoms with van der Waals surface area (Å²) >= 11 is 0. The molecule has 0 N–H and O–H groups in total. The minimum absolute atomic E-state index is 0.598. The molecule has 4 nitrogen and oxygen atoms in total.